The first-order valence-electron chi connectivity index (χ1n) is 14.3. The van der Waals surface area contributed by atoms with Gasteiger partial charge in [-0.3, -0.25) is 9.36 Å². The second-order valence-corrected chi connectivity index (χ2v) is 11.7. The van der Waals surface area contributed by atoms with Crippen molar-refractivity contribution in [3.05, 3.63) is 139 Å². The number of methoxy groups -OCH3 is 1. The smallest absolute Gasteiger partial charge is 0.338 e. The molecule has 1 aromatic heterocycles. The van der Waals surface area contributed by atoms with E-state index in [0.29, 0.717) is 37.8 Å². The summed E-state index contributed by atoms with van der Waals surface area (Å²) in [5.74, 6) is 0.454. The van der Waals surface area contributed by atoms with Gasteiger partial charge in [0.15, 0.2) is 4.80 Å². The van der Waals surface area contributed by atoms with Crippen molar-refractivity contribution in [1.29, 1.82) is 0 Å². The quantitative estimate of drug-likeness (QED) is 0.212. The minimum absolute atomic E-state index is 0.181. The van der Waals surface area contributed by atoms with Crippen LogP contribution in [0.15, 0.2) is 106 Å². The van der Waals surface area contributed by atoms with Crippen LogP contribution >= 0.6 is 11.3 Å². The fraction of sp³-hybridized carbons (Fsp3) is 0.194. The number of carbonyl (C=O) groups is 1. The molecule has 6 nitrogen and oxygen atoms in total. The molecule has 5 aromatic rings. The van der Waals surface area contributed by atoms with Crippen LogP contribution in [0.1, 0.15) is 55.0 Å². The van der Waals surface area contributed by atoms with Crippen molar-refractivity contribution in [2.45, 2.75) is 32.7 Å². The van der Waals surface area contributed by atoms with Gasteiger partial charge in [-0.1, -0.05) is 110 Å². The first-order chi connectivity index (χ1) is 20.9. The molecule has 7 heteroatoms. The third kappa shape index (κ3) is 5.21. The second kappa shape index (κ2) is 11.9. The van der Waals surface area contributed by atoms with Crippen LogP contribution in [0.25, 0.3) is 22.5 Å². The third-order valence-electron chi connectivity index (χ3n) is 7.70. The van der Waals surface area contributed by atoms with Crippen LogP contribution in [-0.2, 0) is 9.53 Å². The molecule has 0 saturated heterocycles. The summed E-state index contributed by atoms with van der Waals surface area (Å²) >= 11 is 1.31. The summed E-state index contributed by atoms with van der Waals surface area (Å²) in [6.45, 7) is 6.26. The van der Waals surface area contributed by atoms with Gasteiger partial charge >= 0.3 is 5.97 Å². The molecule has 0 aliphatic carbocycles. The number of hydrogen-bond donors (Lipinski definition) is 0. The van der Waals surface area contributed by atoms with Crippen LogP contribution in [0.2, 0.25) is 0 Å². The predicted octanol–water partition coefficient (Wildman–Crippen LogP) is 6.22. The monoisotopic (exact) mass is 588 g/mol. The highest BCUT2D eigenvalue weighted by Crippen LogP contribution is 2.42. The molecule has 0 saturated carbocycles. The van der Waals surface area contributed by atoms with Crippen molar-refractivity contribution in [2.24, 2.45) is 4.99 Å². The number of ether oxygens (including phenoxy) is 2. The Morgan fingerprint density at radius 1 is 0.977 bits per heavy atom. The van der Waals surface area contributed by atoms with Crippen LogP contribution < -0.4 is 19.6 Å². The van der Waals surface area contributed by atoms with Crippen molar-refractivity contribution in [1.82, 2.24) is 4.57 Å². The van der Waals surface area contributed by atoms with Crippen LogP contribution in [0.3, 0.4) is 0 Å². The molecular formula is C36H32N2O4S. The average molecular weight is 589 g/mol. The summed E-state index contributed by atoms with van der Waals surface area (Å²) in [6, 6.07) is 28.7. The number of benzene rings is 4. The minimum Gasteiger partial charge on any atom is -0.496 e. The van der Waals surface area contributed by atoms with Gasteiger partial charge < -0.3 is 9.47 Å². The van der Waals surface area contributed by atoms with E-state index in [0.717, 1.165) is 21.9 Å². The van der Waals surface area contributed by atoms with Gasteiger partial charge in [0.25, 0.3) is 5.56 Å². The van der Waals surface area contributed by atoms with E-state index in [1.807, 2.05) is 84.9 Å². The lowest BCUT2D eigenvalue weighted by molar-refractivity contribution is -0.138. The number of fused-ring (bicyclic) bond motifs is 2. The maximum atomic E-state index is 14.3. The third-order valence-corrected chi connectivity index (χ3v) is 8.68. The molecule has 0 N–H and O–H groups in total. The van der Waals surface area contributed by atoms with Crippen molar-refractivity contribution in [2.75, 3.05) is 13.7 Å². The highest BCUT2D eigenvalue weighted by atomic mass is 32.1. The number of esters is 1. The van der Waals surface area contributed by atoms with E-state index in [9.17, 15) is 9.59 Å². The van der Waals surface area contributed by atoms with E-state index in [2.05, 4.69) is 26.0 Å². The minimum atomic E-state index is -0.836. The average Bonchev–Trinajstić information content (AvgIpc) is 3.34. The zero-order valence-corrected chi connectivity index (χ0v) is 25.4. The Hall–Kier alpha value is -4.75. The fourth-order valence-electron chi connectivity index (χ4n) is 5.58. The summed E-state index contributed by atoms with van der Waals surface area (Å²) in [6.07, 6.45) is 1.89. The predicted molar refractivity (Wildman–Crippen MR) is 172 cm³/mol. The lowest BCUT2D eigenvalue weighted by Crippen LogP contribution is -2.40. The number of hydrogen-bond acceptors (Lipinski definition) is 6. The number of aromatic nitrogens is 1. The molecule has 1 aliphatic heterocycles. The molecular weight excluding hydrogens is 556 g/mol. The van der Waals surface area contributed by atoms with Gasteiger partial charge in [-0.25, -0.2) is 9.79 Å². The molecule has 216 valence electrons. The van der Waals surface area contributed by atoms with E-state index in [4.69, 9.17) is 14.5 Å². The number of nitrogens with zero attached hydrogens (tertiary/aromatic N) is 2. The molecule has 0 unspecified atom stereocenters. The molecule has 0 bridgehead atoms. The number of thiazole rings is 1. The van der Waals surface area contributed by atoms with E-state index < -0.39 is 12.0 Å². The summed E-state index contributed by atoms with van der Waals surface area (Å²) in [5, 5.41) is 1.84. The summed E-state index contributed by atoms with van der Waals surface area (Å²) in [7, 11) is 1.60. The van der Waals surface area contributed by atoms with Crippen molar-refractivity contribution in [3.63, 3.8) is 0 Å². The van der Waals surface area contributed by atoms with Crippen LogP contribution in [0, 0.1) is 0 Å². The summed E-state index contributed by atoms with van der Waals surface area (Å²) in [4.78, 5) is 33.7. The van der Waals surface area contributed by atoms with Gasteiger partial charge in [0, 0.05) is 11.1 Å². The van der Waals surface area contributed by atoms with E-state index in [1.54, 1.807) is 18.6 Å². The van der Waals surface area contributed by atoms with E-state index in [-0.39, 0.29) is 12.2 Å². The Balaban J connectivity index is 1.70. The molecule has 4 aromatic carbocycles. The van der Waals surface area contributed by atoms with E-state index in [1.165, 1.54) is 16.9 Å². The van der Waals surface area contributed by atoms with Crippen LogP contribution in [0.4, 0.5) is 0 Å². The fourth-order valence-corrected chi connectivity index (χ4v) is 6.58. The molecule has 0 fully saturated rings. The van der Waals surface area contributed by atoms with Crippen molar-refractivity contribution < 1.29 is 14.3 Å². The Bertz CT molecular complexity index is 2040. The van der Waals surface area contributed by atoms with Gasteiger partial charge in [-0.05, 0) is 46.9 Å². The maximum absolute atomic E-state index is 14.3. The van der Waals surface area contributed by atoms with Crippen LogP contribution in [-0.4, -0.2) is 24.3 Å². The molecule has 2 heterocycles. The first kappa shape index (κ1) is 28.4. The highest BCUT2D eigenvalue weighted by Gasteiger charge is 2.37. The molecule has 0 amide bonds. The Kier molecular flexibility index (Phi) is 7.82. The van der Waals surface area contributed by atoms with Gasteiger partial charge in [-0.15, -0.1) is 0 Å². The Labute approximate surface area is 253 Å². The van der Waals surface area contributed by atoms with E-state index >= 15 is 0 Å². The highest BCUT2D eigenvalue weighted by molar-refractivity contribution is 7.07. The lowest BCUT2D eigenvalue weighted by atomic mass is 9.89. The zero-order valence-electron chi connectivity index (χ0n) is 24.5. The van der Waals surface area contributed by atoms with Crippen molar-refractivity contribution >= 4 is 39.9 Å². The molecule has 6 rings (SSSR count). The summed E-state index contributed by atoms with van der Waals surface area (Å²) < 4.78 is 13.7. The molecule has 0 radical (unpaired) electrons. The van der Waals surface area contributed by atoms with Gasteiger partial charge in [0.1, 0.15) is 11.8 Å². The van der Waals surface area contributed by atoms with Gasteiger partial charge in [0.2, 0.25) is 0 Å². The van der Waals surface area contributed by atoms with Crippen LogP contribution in [0.5, 0.6) is 5.75 Å². The molecule has 43 heavy (non-hydrogen) atoms. The van der Waals surface area contributed by atoms with Gasteiger partial charge in [-0.2, -0.15) is 0 Å². The Morgan fingerprint density at radius 2 is 1.70 bits per heavy atom. The largest absolute Gasteiger partial charge is 0.496 e. The van der Waals surface area contributed by atoms with Crippen molar-refractivity contribution in [3.8, 4) is 5.75 Å². The first-order valence-corrected chi connectivity index (χ1v) is 15.2. The summed E-state index contributed by atoms with van der Waals surface area (Å²) in [5.41, 5.74) is 4.16. The van der Waals surface area contributed by atoms with Gasteiger partial charge in [0.05, 0.1) is 29.5 Å². The molecule has 0 spiro atoms. The zero-order chi connectivity index (χ0) is 30.1. The normalized spacial score (nSPS) is 15.0. The number of rotatable bonds is 7. The standard InChI is InChI=1S/C36H32N2O4S/c1-5-42-35(40)31-32(26-12-7-6-8-13-26)37-36-38(33(31)30-27-14-10-9-11-25(27)19-20-28(30)41-4)34(39)29(43-36)21-23-15-17-24(18-16-23)22(2)3/h6-22,33H,5H2,1-4H3/b29-21+/t33-/m1/s1. The SMILES string of the molecule is CCOC(=O)C1=C(c2ccccc2)N=c2s/c(=C/c3ccc(C(C)C)cc3)c(=O)n2[C@@H]1c1c(OC)ccc2ccccc12. The second-order valence-electron chi connectivity index (χ2n) is 10.7. The molecule has 1 atom stereocenters. The number of carbonyl (C=O) groups excluding carboxylic acids is 1. The lowest BCUT2D eigenvalue weighted by Gasteiger charge is -2.28. The Morgan fingerprint density at radius 3 is 2.40 bits per heavy atom. The molecule has 1 aliphatic rings. The maximum Gasteiger partial charge on any atom is 0.338 e. The topological polar surface area (TPSA) is 69.9 Å².